The van der Waals surface area contributed by atoms with Crippen LogP contribution in [0, 0.1) is 5.92 Å². The maximum Gasteiger partial charge on any atom is 0.413 e. The van der Waals surface area contributed by atoms with Crippen LogP contribution in [0.25, 0.3) is 0 Å². The number of aromatic nitrogens is 1. The van der Waals surface area contributed by atoms with E-state index in [0.717, 1.165) is 12.8 Å². The molecule has 2 N–H and O–H groups in total. The van der Waals surface area contributed by atoms with Crippen molar-refractivity contribution in [2.75, 3.05) is 11.9 Å². The average Bonchev–Trinajstić information content (AvgIpc) is 2.93. The number of thiazole rings is 1. The zero-order valence-corrected chi connectivity index (χ0v) is 14.6. The third kappa shape index (κ3) is 6.56. The van der Waals surface area contributed by atoms with Crippen molar-refractivity contribution in [2.45, 2.75) is 58.4 Å². The van der Waals surface area contributed by atoms with E-state index in [1.54, 1.807) is 5.38 Å². The Bertz CT molecular complexity index is 524. The fourth-order valence-electron chi connectivity index (χ4n) is 2.50. The predicted molar refractivity (Wildman–Crippen MR) is 90.6 cm³/mol. The molecule has 0 aromatic carbocycles. The fourth-order valence-corrected chi connectivity index (χ4v) is 3.20. The predicted octanol–water partition coefficient (Wildman–Crippen LogP) is 3.34. The molecule has 2 rings (SSSR count). The van der Waals surface area contributed by atoms with Crippen molar-refractivity contribution in [1.82, 2.24) is 10.3 Å². The summed E-state index contributed by atoms with van der Waals surface area (Å²) in [4.78, 5) is 27.9. The lowest BCUT2D eigenvalue weighted by atomic mass is 9.95. The van der Waals surface area contributed by atoms with Crippen molar-refractivity contribution in [3.63, 3.8) is 0 Å². The van der Waals surface area contributed by atoms with Crippen LogP contribution in [0.5, 0.6) is 0 Å². The molecular weight excluding hydrogens is 314 g/mol. The van der Waals surface area contributed by atoms with E-state index in [1.807, 2.05) is 13.8 Å². The number of carbonyl (C=O) groups is 2. The van der Waals surface area contributed by atoms with E-state index in [0.29, 0.717) is 23.5 Å². The summed E-state index contributed by atoms with van der Waals surface area (Å²) in [7, 11) is 0. The molecule has 0 saturated heterocycles. The standard InChI is InChI=1S/C16H25N3O3S/c1-11(2)9-22-16(21)19-15-18-13(10-23-15)8-14(20)17-12-6-4-3-5-7-12/h10-12H,3-9H2,1-2H3,(H,17,20)(H,18,19,21). The van der Waals surface area contributed by atoms with Crippen molar-refractivity contribution in [1.29, 1.82) is 0 Å². The van der Waals surface area contributed by atoms with Gasteiger partial charge >= 0.3 is 6.09 Å². The average molecular weight is 339 g/mol. The van der Waals surface area contributed by atoms with E-state index in [-0.39, 0.29) is 18.2 Å². The fraction of sp³-hybridized carbons (Fsp3) is 0.688. The Balaban J connectivity index is 1.75. The highest BCUT2D eigenvalue weighted by Gasteiger charge is 2.17. The van der Waals surface area contributed by atoms with Crippen LogP contribution in [-0.2, 0) is 16.0 Å². The maximum absolute atomic E-state index is 12.0. The molecule has 1 saturated carbocycles. The van der Waals surface area contributed by atoms with Gasteiger partial charge in [-0.2, -0.15) is 0 Å². The second-order valence-corrected chi connectivity index (χ2v) is 7.20. The van der Waals surface area contributed by atoms with E-state index >= 15 is 0 Å². The number of amides is 2. The van der Waals surface area contributed by atoms with Crippen LogP contribution in [-0.4, -0.2) is 29.6 Å². The molecule has 1 fully saturated rings. The number of rotatable bonds is 6. The molecule has 128 valence electrons. The Morgan fingerprint density at radius 2 is 2.09 bits per heavy atom. The summed E-state index contributed by atoms with van der Waals surface area (Å²) >= 11 is 1.30. The first-order valence-electron chi connectivity index (χ1n) is 8.20. The topological polar surface area (TPSA) is 80.3 Å². The van der Waals surface area contributed by atoms with Crippen LogP contribution < -0.4 is 10.6 Å². The summed E-state index contributed by atoms with van der Waals surface area (Å²) in [6, 6.07) is 0.304. The minimum Gasteiger partial charge on any atom is -0.449 e. The number of hydrogen-bond donors (Lipinski definition) is 2. The Morgan fingerprint density at radius 3 is 2.78 bits per heavy atom. The smallest absolute Gasteiger partial charge is 0.413 e. The van der Waals surface area contributed by atoms with Crippen LogP contribution in [0.3, 0.4) is 0 Å². The van der Waals surface area contributed by atoms with E-state index in [4.69, 9.17) is 4.74 Å². The van der Waals surface area contributed by atoms with Crippen LogP contribution in [0.1, 0.15) is 51.6 Å². The van der Waals surface area contributed by atoms with Crippen LogP contribution in [0.2, 0.25) is 0 Å². The number of carbonyl (C=O) groups excluding carboxylic acids is 2. The zero-order valence-electron chi connectivity index (χ0n) is 13.8. The van der Waals surface area contributed by atoms with Gasteiger partial charge in [-0.25, -0.2) is 9.78 Å². The van der Waals surface area contributed by atoms with Gasteiger partial charge in [0.05, 0.1) is 18.7 Å². The van der Waals surface area contributed by atoms with Crippen molar-refractivity contribution in [3.05, 3.63) is 11.1 Å². The van der Waals surface area contributed by atoms with Gasteiger partial charge in [0.1, 0.15) is 0 Å². The molecule has 0 atom stereocenters. The van der Waals surface area contributed by atoms with Crippen LogP contribution in [0.4, 0.5) is 9.93 Å². The van der Waals surface area contributed by atoms with E-state index in [1.165, 1.54) is 30.6 Å². The molecule has 0 aliphatic heterocycles. The summed E-state index contributed by atoms with van der Waals surface area (Å²) < 4.78 is 5.04. The molecular formula is C16H25N3O3S. The highest BCUT2D eigenvalue weighted by Crippen LogP contribution is 2.19. The Morgan fingerprint density at radius 1 is 1.35 bits per heavy atom. The molecule has 1 aliphatic rings. The lowest BCUT2D eigenvalue weighted by Crippen LogP contribution is -2.37. The molecule has 1 aliphatic carbocycles. The van der Waals surface area contributed by atoms with Gasteiger partial charge in [0.15, 0.2) is 5.13 Å². The Labute approximate surface area is 141 Å². The molecule has 7 heteroatoms. The second kappa shape index (κ2) is 8.86. The SMILES string of the molecule is CC(C)COC(=O)Nc1nc(CC(=O)NC2CCCCC2)cs1. The highest BCUT2D eigenvalue weighted by molar-refractivity contribution is 7.13. The summed E-state index contributed by atoms with van der Waals surface area (Å²) in [5.41, 5.74) is 0.669. The summed E-state index contributed by atoms with van der Waals surface area (Å²) in [5.74, 6) is 0.284. The molecule has 1 heterocycles. The van der Waals surface area contributed by atoms with E-state index in [2.05, 4.69) is 15.6 Å². The Hall–Kier alpha value is -1.63. The Kier molecular flexibility index (Phi) is 6.83. The number of ether oxygens (including phenoxy) is 1. The quantitative estimate of drug-likeness (QED) is 0.833. The van der Waals surface area contributed by atoms with Crippen LogP contribution in [0.15, 0.2) is 5.38 Å². The normalized spacial score (nSPS) is 15.4. The minimum atomic E-state index is -0.508. The number of nitrogens with zero attached hydrogens (tertiary/aromatic N) is 1. The molecule has 0 radical (unpaired) electrons. The van der Waals surface area contributed by atoms with Gasteiger partial charge in [-0.05, 0) is 18.8 Å². The first kappa shape index (κ1) is 17.7. The largest absolute Gasteiger partial charge is 0.449 e. The van der Waals surface area contributed by atoms with Crippen molar-refractivity contribution in [3.8, 4) is 0 Å². The van der Waals surface area contributed by atoms with Gasteiger partial charge in [0.2, 0.25) is 5.91 Å². The van der Waals surface area contributed by atoms with E-state index < -0.39 is 6.09 Å². The lowest BCUT2D eigenvalue weighted by molar-refractivity contribution is -0.121. The van der Waals surface area contributed by atoms with Gasteiger partial charge in [-0.3, -0.25) is 10.1 Å². The molecule has 1 aromatic heterocycles. The second-order valence-electron chi connectivity index (χ2n) is 6.34. The number of anilines is 1. The molecule has 2 amide bonds. The molecule has 6 nitrogen and oxygen atoms in total. The monoisotopic (exact) mass is 339 g/mol. The van der Waals surface area contributed by atoms with Gasteiger partial charge in [0, 0.05) is 11.4 Å². The van der Waals surface area contributed by atoms with Gasteiger partial charge in [-0.1, -0.05) is 33.1 Å². The first-order valence-corrected chi connectivity index (χ1v) is 9.08. The summed E-state index contributed by atoms with van der Waals surface area (Å²) in [5, 5.41) is 7.90. The molecule has 1 aromatic rings. The lowest BCUT2D eigenvalue weighted by Gasteiger charge is -2.22. The first-order chi connectivity index (χ1) is 11.0. The van der Waals surface area contributed by atoms with Gasteiger partial charge in [-0.15, -0.1) is 11.3 Å². The van der Waals surface area contributed by atoms with Gasteiger partial charge in [0.25, 0.3) is 0 Å². The third-order valence-electron chi connectivity index (χ3n) is 3.62. The number of nitrogens with one attached hydrogen (secondary N) is 2. The molecule has 23 heavy (non-hydrogen) atoms. The van der Waals surface area contributed by atoms with Crippen LogP contribution >= 0.6 is 11.3 Å². The number of hydrogen-bond acceptors (Lipinski definition) is 5. The van der Waals surface area contributed by atoms with Crippen molar-refractivity contribution >= 4 is 28.5 Å². The van der Waals surface area contributed by atoms with Crippen molar-refractivity contribution < 1.29 is 14.3 Å². The summed E-state index contributed by atoms with van der Waals surface area (Å²) in [6.07, 6.45) is 5.51. The molecule has 0 spiro atoms. The van der Waals surface area contributed by atoms with Crippen molar-refractivity contribution in [2.24, 2.45) is 5.92 Å². The summed E-state index contributed by atoms with van der Waals surface area (Å²) in [6.45, 7) is 4.31. The molecule has 0 bridgehead atoms. The zero-order chi connectivity index (χ0) is 16.7. The third-order valence-corrected chi connectivity index (χ3v) is 4.43. The molecule has 0 unspecified atom stereocenters. The highest BCUT2D eigenvalue weighted by atomic mass is 32.1. The van der Waals surface area contributed by atoms with E-state index in [9.17, 15) is 9.59 Å². The maximum atomic E-state index is 12.0. The minimum absolute atomic E-state index is 0.00358. The van der Waals surface area contributed by atoms with Gasteiger partial charge < -0.3 is 10.1 Å².